The fourth-order valence-corrected chi connectivity index (χ4v) is 7.69. The van der Waals surface area contributed by atoms with Gasteiger partial charge < -0.3 is 28.5 Å². The van der Waals surface area contributed by atoms with E-state index in [0.29, 0.717) is 23.9 Å². The molecule has 0 aliphatic carbocycles. The Hall–Kier alpha value is -4.31. The lowest BCUT2D eigenvalue weighted by atomic mass is 10.0. The number of allylic oxidation sites excluding steroid dienone is 20. The number of aliphatic carboxylic acids is 1. The van der Waals surface area contributed by atoms with E-state index in [1.807, 2.05) is 21.1 Å². The van der Waals surface area contributed by atoms with E-state index in [9.17, 15) is 19.5 Å². The molecule has 2 atom stereocenters. The number of unbranched alkanes of at least 4 members (excludes halogenated alkanes) is 18. The number of nitrogens with zero attached hydrogens (tertiary/aromatic N) is 1. The molecular weight excluding hydrogens is 935 g/mol. The summed E-state index contributed by atoms with van der Waals surface area (Å²) in [4.78, 5) is 37.4. The molecule has 9 nitrogen and oxygen atoms in total. The van der Waals surface area contributed by atoms with Gasteiger partial charge in [-0.1, -0.05) is 238 Å². The van der Waals surface area contributed by atoms with Crippen LogP contribution in [0.1, 0.15) is 219 Å². The number of rotatable bonds is 53. The van der Waals surface area contributed by atoms with Gasteiger partial charge >= 0.3 is 17.9 Å². The number of carbonyl (C=O) groups excluding carboxylic acids is 2. The van der Waals surface area contributed by atoms with Crippen molar-refractivity contribution in [1.29, 1.82) is 0 Å². The van der Waals surface area contributed by atoms with E-state index in [-0.39, 0.29) is 32.2 Å². The van der Waals surface area contributed by atoms with Gasteiger partial charge in [0.2, 0.25) is 0 Å². The first-order chi connectivity index (χ1) is 36.6. The molecule has 0 aliphatic rings. The van der Waals surface area contributed by atoms with Crippen molar-refractivity contribution in [3.8, 4) is 0 Å². The van der Waals surface area contributed by atoms with E-state index in [4.69, 9.17) is 18.9 Å². The lowest BCUT2D eigenvalue weighted by Gasteiger charge is -2.25. The van der Waals surface area contributed by atoms with Crippen LogP contribution in [-0.4, -0.2) is 87.4 Å². The fraction of sp³-hybridized carbons (Fsp3) is 0.652. The molecule has 0 fully saturated rings. The Morgan fingerprint density at radius 1 is 0.413 bits per heavy atom. The molecule has 0 aromatic rings. The van der Waals surface area contributed by atoms with E-state index in [1.54, 1.807) is 0 Å². The maximum atomic E-state index is 12.9. The first-order valence-corrected chi connectivity index (χ1v) is 29.7. The Balaban J connectivity index is 4.29. The average molecular weight is 1050 g/mol. The molecule has 0 rings (SSSR count). The van der Waals surface area contributed by atoms with E-state index in [1.165, 1.54) is 77.0 Å². The second-order valence-corrected chi connectivity index (χ2v) is 20.6. The van der Waals surface area contributed by atoms with Crippen LogP contribution < -0.4 is 0 Å². The highest BCUT2D eigenvalue weighted by atomic mass is 16.7. The maximum Gasteiger partial charge on any atom is 0.361 e. The maximum absolute atomic E-state index is 12.9. The van der Waals surface area contributed by atoms with Crippen LogP contribution in [0.3, 0.4) is 0 Å². The summed E-state index contributed by atoms with van der Waals surface area (Å²) in [6.45, 7) is 4.72. The quantitative estimate of drug-likeness (QED) is 0.0211. The first-order valence-electron chi connectivity index (χ1n) is 29.7. The van der Waals surface area contributed by atoms with Gasteiger partial charge in [0.05, 0.1) is 34.4 Å². The van der Waals surface area contributed by atoms with E-state index >= 15 is 0 Å². The molecule has 0 aromatic carbocycles. The number of carbonyl (C=O) groups is 3. The van der Waals surface area contributed by atoms with E-state index in [2.05, 4.69) is 135 Å². The van der Waals surface area contributed by atoms with Crippen molar-refractivity contribution in [3.05, 3.63) is 122 Å². The Morgan fingerprint density at radius 3 is 1.13 bits per heavy atom. The Morgan fingerprint density at radius 2 is 0.760 bits per heavy atom. The van der Waals surface area contributed by atoms with E-state index < -0.39 is 24.3 Å². The van der Waals surface area contributed by atoms with Crippen molar-refractivity contribution in [1.82, 2.24) is 0 Å². The third kappa shape index (κ3) is 57.2. The van der Waals surface area contributed by atoms with Crippen molar-refractivity contribution < 1.29 is 42.9 Å². The van der Waals surface area contributed by atoms with Crippen LogP contribution in [-0.2, 0) is 33.3 Å². The summed E-state index contributed by atoms with van der Waals surface area (Å²) in [5.74, 6) is -2.05. The van der Waals surface area contributed by atoms with Crippen molar-refractivity contribution in [3.63, 3.8) is 0 Å². The standard InChI is InChI=1S/C66H109NO8/c1-6-8-10-12-14-16-18-20-22-23-24-25-26-27-28-29-30-31-32-33-34-35-36-37-38-39-40-41-43-45-47-49-51-53-55-57-64(69)75-62(61-74-66(65(70)71)72-59-58-67(3,4)5)60-73-63(68)56-54-52-50-48-46-44-42-21-19-17-15-13-11-9-7-2/h8,10,14,16,20,22,24-25,27-28,30-31,33-34,36-37,39-40,43,45,62,66H,6-7,9,11-13,15,17-19,21,23,26,29,32,35,38,41-42,44,46-61H2,1-5H3/p+1/b10-8-,16-14-,22-20-,25-24-,28-27-,31-30-,34-33-,37-36-,40-39-,45-43-. The van der Waals surface area contributed by atoms with Gasteiger partial charge in [0.25, 0.3) is 6.29 Å². The minimum Gasteiger partial charge on any atom is -0.477 e. The predicted molar refractivity (Wildman–Crippen MR) is 318 cm³/mol. The highest BCUT2D eigenvalue weighted by Gasteiger charge is 2.25. The van der Waals surface area contributed by atoms with E-state index in [0.717, 1.165) is 109 Å². The number of ether oxygens (including phenoxy) is 4. The molecule has 75 heavy (non-hydrogen) atoms. The number of carboxylic acids is 1. The largest absolute Gasteiger partial charge is 0.477 e. The average Bonchev–Trinajstić information content (AvgIpc) is 3.38. The van der Waals surface area contributed by atoms with Crippen LogP contribution in [0.4, 0.5) is 0 Å². The zero-order chi connectivity index (χ0) is 54.8. The minimum absolute atomic E-state index is 0.177. The molecule has 0 heterocycles. The number of esters is 2. The molecular formula is C66H110NO8+. The molecule has 0 radical (unpaired) electrons. The summed E-state index contributed by atoms with van der Waals surface area (Å²) in [6.07, 6.45) is 75.6. The molecule has 426 valence electrons. The molecule has 9 heteroatoms. The van der Waals surface area contributed by atoms with Gasteiger partial charge in [-0.3, -0.25) is 9.59 Å². The molecule has 0 saturated heterocycles. The van der Waals surface area contributed by atoms with Crippen molar-refractivity contribution in [2.45, 2.75) is 232 Å². The summed E-state index contributed by atoms with van der Waals surface area (Å²) in [6, 6.07) is 0. The second-order valence-electron chi connectivity index (χ2n) is 20.6. The zero-order valence-corrected chi connectivity index (χ0v) is 48.4. The van der Waals surface area contributed by atoms with Gasteiger partial charge in [0.1, 0.15) is 13.2 Å². The highest BCUT2D eigenvalue weighted by Crippen LogP contribution is 2.15. The minimum atomic E-state index is -1.52. The second kappa shape index (κ2) is 55.9. The van der Waals surface area contributed by atoms with Gasteiger partial charge in [-0.25, -0.2) is 4.79 Å². The summed E-state index contributed by atoms with van der Waals surface area (Å²) in [7, 11) is 5.95. The molecule has 0 amide bonds. The SMILES string of the molecule is CC/C=C\C/C=C\C/C=C\C/C=C\C/C=C\C/C=C\C/C=C\C/C=C\C/C=C\C/C=C\CCCCCCC(=O)OC(COC(=O)CCCCCCCCCCCCCCCCC)COC(OCC[N+](C)(C)C)C(=O)O. The van der Waals surface area contributed by atoms with Crippen LogP contribution in [0, 0.1) is 0 Å². The topological polar surface area (TPSA) is 108 Å². The van der Waals surface area contributed by atoms with Gasteiger partial charge in [-0.2, -0.15) is 0 Å². The Bertz CT molecular complexity index is 1640. The van der Waals surface area contributed by atoms with Gasteiger partial charge in [0.15, 0.2) is 6.10 Å². The normalized spacial score (nSPS) is 13.7. The number of carboxylic acid groups (broad SMARTS) is 1. The fourth-order valence-electron chi connectivity index (χ4n) is 7.69. The smallest absolute Gasteiger partial charge is 0.361 e. The number of hydrogen-bond acceptors (Lipinski definition) is 7. The lowest BCUT2D eigenvalue weighted by Crippen LogP contribution is -2.40. The third-order valence-electron chi connectivity index (χ3n) is 12.2. The van der Waals surface area contributed by atoms with Crippen molar-refractivity contribution in [2.75, 3.05) is 47.5 Å². The van der Waals surface area contributed by atoms with Crippen molar-refractivity contribution >= 4 is 17.9 Å². The zero-order valence-electron chi connectivity index (χ0n) is 48.4. The molecule has 0 bridgehead atoms. The monoisotopic (exact) mass is 1040 g/mol. The summed E-state index contributed by atoms with van der Waals surface area (Å²) in [5.41, 5.74) is 0. The molecule has 0 aromatic heterocycles. The van der Waals surface area contributed by atoms with Gasteiger partial charge in [0, 0.05) is 12.8 Å². The molecule has 0 aliphatic heterocycles. The van der Waals surface area contributed by atoms with Crippen LogP contribution >= 0.6 is 0 Å². The summed E-state index contributed by atoms with van der Waals surface area (Å²) < 4.78 is 22.8. The van der Waals surface area contributed by atoms with Crippen LogP contribution in [0.15, 0.2) is 122 Å². The molecule has 2 unspecified atom stereocenters. The molecule has 0 spiro atoms. The summed E-state index contributed by atoms with van der Waals surface area (Å²) in [5, 5.41) is 9.69. The third-order valence-corrected chi connectivity index (χ3v) is 12.2. The lowest BCUT2D eigenvalue weighted by molar-refractivity contribution is -0.870. The van der Waals surface area contributed by atoms with Crippen LogP contribution in [0.25, 0.3) is 0 Å². The van der Waals surface area contributed by atoms with Crippen LogP contribution in [0.2, 0.25) is 0 Å². The summed E-state index contributed by atoms with van der Waals surface area (Å²) >= 11 is 0. The van der Waals surface area contributed by atoms with Crippen LogP contribution in [0.5, 0.6) is 0 Å². The highest BCUT2D eigenvalue weighted by molar-refractivity contribution is 5.71. The predicted octanol–water partition coefficient (Wildman–Crippen LogP) is 17.7. The van der Waals surface area contributed by atoms with Gasteiger partial charge in [-0.15, -0.1) is 0 Å². The molecule has 1 N–H and O–H groups in total. The Labute approximate surface area is 459 Å². The number of hydrogen-bond donors (Lipinski definition) is 1. The Kier molecular flexibility index (Phi) is 52.7. The van der Waals surface area contributed by atoms with Crippen molar-refractivity contribution in [2.24, 2.45) is 0 Å². The first kappa shape index (κ1) is 70.7. The molecule has 0 saturated carbocycles. The number of quaternary nitrogens is 1. The van der Waals surface area contributed by atoms with Gasteiger partial charge in [-0.05, 0) is 89.9 Å². The number of likely N-dealkylation sites (N-methyl/N-ethyl adjacent to an activating group) is 1.